The Hall–Kier alpha value is -2.95. The molecule has 0 bridgehead atoms. The molecule has 0 aliphatic carbocycles. The Bertz CT molecular complexity index is 887. The molecule has 1 atom stereocenters. The van der Waals surface area contributed by atoms with Crippen LogP contribution in [0.15, 0.2) is 53.3 Å². The van der Waals surface area contributed by atoms with E-state index >= 15 is 0 Å². The fraction of sp³-hybridized carbons (Fsp3) is 0.286. The number of aromatic nitrogens is 2. The van der Waals surface area contributed by atoms with Gasteiger partial charge < -0.3 is 9.84 Å². The number of benzene rings is 1. The minimum atomic E-state index is -0.304. The summed E-state index contributed by atoms with van der Waals surface area (Å²) in [4.78, 5) is 16.9. The number of nitrogens with one attached hydrogen (secondary N) is 1. The van der Waals surface area contributed by atoms with E-state index in [0.717, 1.165) is 29.7 Å². The van der Waals surface area contributed by atoms with Crippen LogP contribution in [0.1, 0.15) is 57.9 Å². The maximum atomic E-state index is 12.7. The Labute approximate surface area is 153 Å². The van der Waals surface area contributed by atoms with Gasteiger partial charge in [-0.25, -0.2) is 0 Å². The van der Waals surface area contributed by atoms with Crippen LogP contribution in [0, 0.1) is 13.8 Å². The van der Waals surface area contributed by atoms with Gasteiger partial charge in [-0.15, -0.1) is 0 Å². The molecule has 0 aliphatic heterocycles. The lowest BCUT2D eigenvalue weighted by Gasteiger charge is -2.20. The molecule has 5 heteroatoms. The zero-order valence-corrected chi connectivity index (χ0v) is 15.3. The van der Waals surface area contributed by atoms with Crippen molar-refractivity contribution in [2.24, 2.45) is 0 Å². The second-order valence-electron chi connectivity index (χ2n) is 6.46. The zero-order chi connectivity index (χ0) is 18.5. The summed E-state index contributed by atoms with van der Waals surface area (Å²) in [5, 5.41) is 6.97. The van der Waals surface area contributed by atoms with Crippen LogP contribution < -0.4 is 5.32 Å². The summed E-state index contributed by atoms with van der Waals surface area (Å²) >= 11 is 0. The normalized spacial score (nSPS) is 12.0. The fourth-order valence-electron chi connectivity index (χ4n) is 2.84. The van der Waals surface area contributed by atoms with Gasteiger partial charge in [0.1, 0.15) is 5.76 Å². The number of rotatable bonds is 6. The standard InChI is InChI=1S/C21H23N3O2/c1-4-6-18-12-19(24-26-18)21(25)23-20(17-7-5-10-22-13-17)16-9-8-14(2)15(3)11-16/h5,7-13,20H,4,6H2,1-3H3,(H,23,25)/t20-/m1/s1. The molecule has 3 rings (SSSR count). The zero-order valence-electron chi connectivity index (χ0n) is 15.3. The highest BCUT2D eigenvalue weighted by Gasteiger charge is 2.21. The highest BCUT2D eigenvalue weighted by atomic mass is 16.5. The van der Waals surface area contributed by atoms with Gasteiger partial charge in [0, 0.05) is 24.9 Å². The van der Waals surface area contributed by atoms with Crippen LogP contribution in [0.2, 0.25) is 0 Å². The molecule has 0 saturated heterocycles. The molecule has 1 aromatic carbocycles. The van der Waals surface area contributed by atoms with Gasteiger partial charge in [-0.1, -0.05) is 36.3 Å². The van der Waals surface area contributed by atoms with Gasteiger partial charge in [0.15, 0.2) is 5.69 Å². The van der Waals surface area contributed by atoms with E-state index in [1.165, 1.54) is 11.1 Å². The van der Waals surface area contributed by atoms with Crippen LogP contribution >= 0.6 is 0 Å². The minimum Gasteiger partial charge on any atom is -0.361 e. The van der Waals surface area contributed by atoms with E-state index in [4.69, 9.17) is 4.52 Å². The third kappa shape index (κ3) is 3.99. The number of aryl methyl sites for hydroxylation is 3. The summed E-state index contributed by atoms with van der Waals surface area (Å²) in [7, 11) is 0. The Morgan fingerprint density at radius 3 is 2.69 bits per heavy atom. The van der Waals surface area contributed by atoms with Crippen molar-refractivity contribution in [3.8, 4) is 0 Å². The summed E-state index contributed by atoms with van der Waals surface area (Å²) in [6.45, 7) is 6.19. The summed E-state index contributed by atoms with van der Waals surface area (Å²) in [5.41, 5.74) is 4.61. The van der Waals surface area contributed by atoms with Crippen LogP contribution in [-0.4, -0.2) is 16.0 Å². The van der Waals surface area contributed by atoms with E-state index in [-0.39, 0.29) is 11.9 Å². The van der Waals surface area contributed by atoms with Crippen molar-refractivity contribution in [2.75, 3.05) is 0 Å². The second-order valence-corrected chi connectivity index (χ2v) is 6.46. The molecular formula is C21H23N3O2. The van der Waals surface area contributed by atoms with Crippen LogP contribution in [0.4, 0.5) is 0 Å². The van der Waals surface area contributed by atoms with Gasteiger partial charge in [0.25, 0.3) is 5.91 Å². The van der Waals surface area contributed by atoms with Gasteiger partial charge in [-0.2, -0.15) is 0 Å². The van der Waals surface area contributed by atoms with E-state index in [9.17, 15) is 4.79 Å². The molecule has 26 heavy (non-hydrogen) atoms. The molecule has 0 aliphatic rings. The number of nitrogens with zero attached hydrogens (tertiary/aromatic N) is 2. The van der Waals surface area contributed by atoms with Gasteiger partial charge >= 0.3 is 0 Å². The summed E-state index contributed by atoms with van der Waals surface area (Å²) in [6, 6.07) is 11.4. The van der Waals surface area contributed by atoms with Crippen molar-refractivity contribution in [1.82, 2.24) is 15.5 Å². The maximum absolute atomic E-state index is 12.7. The molecule has 3 aromatic rings. The molecule has 0 saturated carbocycles. The quantitative estimate of drug-likeness (QED) is 0.725. The third-order valence-corrected chi connectivity index (χ3v) is 4.45. The average Bonchev–Trinajstić information content (AvgIpc) is 3.12. The molecular weight excluding hydrogens is 326 g/mol. The number of hydrogen-bond donors (Lipinski definition) is 1. The molecule has 0 spiro atoms. The first-order valence-corrected chi connectivity index (χ1v) is 8.82. The highest BCUT2D eigenvalue weighted by Crippen LogP contribution is 2.24. The number of pyridine rings is 1. The first-order valence-electron chi connectivity index (χ1n) is 8.82. The lowest BCUT2D eigenvalue weighted by Crippen LogP contribution is -2.29. The molecule has 0 radical (unpaired) electrons. The Balaban J connectivity index is 1.90. The summed E-state index contributed by atoms with van der Waals surface area (Å²) < 4.78 is 5.23. The van der Waals surface area contributed by atoms with Crippen LogP contribution in [-0.2, 0) is 6.42 Å². The summed E-state index contributed by atoms with van der Waals surface area (Å²) in [6.07, 6.45) is 5.20. The second kappa shape index (κ2) is 7.95. The minimum absolute atomic E-state index is 0.261. The number of carbonyl (C=O) groups is 1. The topological polar surface area (TPSA) is 68.0 Å². The fourth-order valence-corrected chi connectivity index (χ4v) is 2.84. The SMILES string of the molecule is CCCc1cc(C(=O)N[C@@H](c2cccnc2)c2ccc(C)c(C)c2)no1. The molecule has 5 nitrogen and oxygen atoms in total. The predicted molar refractivity (Wildman–Crippen MR) is 100.0 cm³/mol. The van der Waals surface area contributed by atoms with Crippen molar-refractivity contribution >= 4 is 5.91 Å². The number of hydrogen-bond acceptors (Lipinski definition) is 4. The maximum Gasteiger partial charge on any atom is 0.274 e. The predicted octanol–water partition coefficient (Wildman–Crippen LogP) is 4.16. The Morgan fingerprint density at radius 1 is 1.15 bits per heavy atom. The molecule has 0 unspecified atom stereocenters. The summed E-state index contributed by atoms with van der Waals surface area (Å²) in [5.74, 6) is 0.463. The number of carbonyl (C=O) groups excluding carboxylic acids is 1. The van der Waals surface area contributed by atoms with Crippen LogP contribution in [0.25, 0.3) is 0 Å². The Morgan fingerprint density at radius 2 is 2.00 bits per heavy atom. The third-order valence-electron chi connectivity index (χ3n) is 4.45. The number of amides is 1. The first kappa shape index (κ1) is 17.9. The lowest BCUT2D eigenvalue weighted by molar-refractivity contribution is 0.0933. The van der Waals surface area contributed by atoms with Gasteiger partial charge in [0.2, 0.25) is 0 Å². The van der Waals surface area contributed by atoms with E-state index < -0.39 is 0 Å². The molecule has 2 aromatic heterocycles. The van der Waals surface area contributed by atoms with Gasteiger partial charge in [-0.3, -0.25) is 9.78 Å². The molecule has 1 amide bonds. The molecule has 2 heterocycles. The van der Waals surface area contributed by atoms with E-state index in [1.54, 1.807) is 18.5 Å². The lowest BCUT2D eigenvalue weighted by atomic mass is 9.96. The largest absolute Gasteiger partial charge is 0.361 e. The monoisotopic (exact) mass is 349 g/mol. The van der Waals surface area contributed by atoms with Crippen molar-refractivity contribution in [3.63, 3.8) is 0 Å². The van der Waals surface area contributed by atoms with Gasteiger partial charge in [-0.05, 0) is 48.6 Å². The van der Waals surface area contributed by atoms with Crippen LogP contribution in [0.5, 0.6) is 0 Å². The van der Waals surface area contributed by atoms with E-state index in [0.29, 0.717) is 5.69 Å². The van der Waals surface area contributed by atoms with Crippen molar-refractivity contribution in [2.45, 2.75) is 39.7 Å². The van der Waals surface area contributed by atoms with E-state index in [2.05, 4.69) is 48.4 Å². The molecule has 0 fully saturated rings. The van der Waals surface area contributed by atoms with Crippen molar-refractivity contribution < 1.29 is 9.32 Å². The average molecular weight is 349 g/mol. The Kier molecular flexibility index (Phi) is 5.46. The smallest absolute Gasteiger partial charge is 0.274 e. The van der Waals surface area contributed by atoms with Gasteiger partial charge in [0.05, 0.1) is 6.04 Å². The van der Waals surface area contributed by atoms with Crippen molar-refractivity contribution in [1.29, 1.82) is 0 Å². The highest BCUT2D eigenvalue weighted by molar-refractivity contribution is 5.92. The molecule has 134 valence electrons. The van der Waals surface area contributed by atoms with Crippen LogP contribution in [0.3, 0.4) is 0 Å². The van der Waals surface area contributed by atoms with Crippen molar-refractivity contribution in [3.05, 3.63) is 82.5 Å². The molecule has 1 N–H and O–H groups in total. The first-order chi connectivity index (χ1) is 12.6. The van der Waals surface area contributed by atoms with E-state index in [1.807, 2.05) is 18.2 Å².